The molecule has 1 fully saturated rings. The lowest BCUT2D eigenvalue weighted by Crippen LogP contribution is -2.10. The molecule has 0 aromatic carbocycles. The van der Waals surface area contributed by atoms with Gasteiger partial charge in [-0.1, -0.05) is 32.1 Å². The molecular weight excluding hydrogens is 152 g/mol. The van der Waals surface area contributed by atoms with Crippen molar-refractivity contribution in [1.29, 1.82) is 0 Å². The smallest absolute Gasteiger partial charge is 0.417 e. The molecule has 1 saturated carbocycles. The predicted molar refractivity (Wildman–Crippen MR) is 47.5 cm³/mol. The lowest BCUT2D eigenvalue weighted by atomic mass is 9.92. The SMILES string of the molecule is O=[C]OCC1CCCCCCC1. The maximum atomic E-state index is 9.85. The van der Waals surface area contributed by atoms with Gasteiger partial charge >= 0.3 is 6.47 Å². The van der Waals surface area contributed by atoms with Crippen molar-refractivity contribution >= 4 is 6.47 Å². The molecule has 2 nitrogen and oxygen atoms in total. The third-order valence-electron chi connectivity index (χ3n) is 2.60. The minimum atomic E-state index is 0.587. The van der Waals surface area contributed by atoms with E-state index in [2.05, 4.69) is 4.74 Å². The molecule has 0 unspecified atom stereocenters. The van der Waals surface area contributed by atoms with E-state index in [9.17, 15) is 4.79 Å². The molecule has 0 spiro atoms. The summed E-state index contributed by atoms with van der Waals surface area (Å²) < 4.78 is 4.66. The van der Waals surface area contributed by atoms with Crippen molar-refractivity contribution in [3.63, 3.8) is 0 Å². The highest BCUT2D eigenvalue weighted by Crippen LogP contribution is 2.22. The summed E-state index contributed by atoms with van der Waals surface area (Å²) in [5.41, 5.74) is 0. The van der Waals surface area contributed by atoms with Crippen molar-refractivity contribution in [3.05, 3.63) is 0 Å². The van der Waals surface area contributed by atoms with Crippen molar-refractivity contribution in [2.45, 2.75) is 44.9 Å². The maximum Gasteiger partial charge on any atom is 0.417 e. The molecule has 69 valence electrons. The molecule has 0 N–H and O–H groups in total. The van der Waals surface area contributed by atoms with E-state index in [1.165, 1.54) is 51.4 Å². The highest BCUT2D eigenvalue weighted by molar-refractivity contribution is 5.38. The quantitative estimate of drug-likeness (QED) is 0.648. The van der Waals surface area contributed by atoms with E-state index >= 15 is 0 Å². The first kappa shape index (κ1) is 9.56. The number of ether oxygens (including phenoxy) is 1. The van der Waals surface area contributed by atoms with E-state index in [0.29, 0.717) is 12.5 Å². The van der Waals surface area contributed by atoms with Crippen LogP contribution in [0.2, 0.25) is 0 Å². The summed E-state index contributed by atoms with van der Waals surface area (Å²) >= 11 is 0. The number of hydrogen-bond donors (Lipinski definition) is 0. The lowest BCUT2D eigenvalue weighted by Gasteiger charge is -2.17. The molecule has 0 heterocycles. The molecule has 0 amide bonds. The van der Waals surface area contributed by atoms with Crippen LogP contribution in [0.15, 0.2) is 0 Å². The van der Waals surface area contributed by atoms with Gasteiger partial charge in [-0.25, -0.2) is 4.79 Å². The topological polar surface area (TPSA) is 26.3 Å². The van der Waals surface area contributed by atoms with Crippen molar-refractivity contribution in [1.82, 2.24) is 0 Å². The summed E-state index contributed by atoms with van der Waals surface area (Å²) in [6.45, 7) is 2.09. The van der Waals surface area contributed by atoms with Crippen molar-refractivity contribution in [3.8, 4) is 0 Å². The second-order valence-electron chi connectivity index (χ2n) is 3.61. The van der Waals surface area contributed by atoms with Gasteiger partial charge in [0.1, 0.15) is 0 Å². The molecule has 1 radical (unpaired) electrons. The Morgan fingerprint density at radius 3 is 2.25 bits per heavy atom. The van der Waals surface area contributed by atoms with Crippen LogP contribution >= 0.6 is 0 Å². The average molecular weight is 169 g/mol. The molecular formula is C10H17O2. The zero-order chi connectivity index (χ0) is 8.65. The number of hydrogen-bond acceptors (Lipinski definition) is 2. The molecule has 0 bridgehead atoms. The van der Waals surface area contributed by atoms with Gasteiger partial charge in [0, 0.05) is 0 Å². The van der Waals surface area contributed by atoms with E-state index < -0.39 is 0 Å². The van der Waals surface area contributed by atoms with Crippen LogP contribution in [0.3, 0.4) is 0 Å². The van der Waals surface area contributed by atoms with Crippen LogP contribution in [-0.2, 0) is 9.53 Å². The summed E-state index contributed by atoms with van der Waals surface area (Å²) in [4.78, 5) is 9.85. The standard InChI is InChI=1S/C10H17O2/c11-9-12-8-10-6-4-2-1-3-5-7-10/h10H,1-8H2. The fourth-order valence-corrected chi connectivity index (χ4v) is 1.86. The third-order valence-corrected chi connectivity index (χ3v) is 2.60. The Morgan fingerprint density at radius 2 is 1.67 bits per heavy atom. The van der Waals surface area contributed by atoms with Gasteiger partial charge < -0.3 is 4.74 Å². The molecule has 0 aliphatic heterocycles. The van der Waals surface area contributed by atoms with Gasteiger partial charge in [-0.05, 0) is 18.8 Å². The first-order valence-electron chi connectivity index (χ1n) is 4.92. The van der Waals surface area contributed by atoms with Crippen LogP contribution in [0.25, 0.3) is 0 Å². The second-order valence-corrected chi connectivity index (χ2v) is 3.61. The highest BCUT2D eigenvalue weighted by atomic mass is 16.5. The Hall–Kier alpha value is -0.530. The average Bonchev–Trinajstić information content (AvgIpc) is 2.02. The molecule has 0 atom stereocenters. The summed E-state index contributed by atoms with van der Waals surface area (Å²) in [5.74, 6) is 0.603. The predicted octanol–water partition coefficient (Wildman–Crippen LogP) is 2.43. The molecule has 1 aliphatic carbocycles. The fourth-order valence-electron chi connectivity index (χ4n) is 1.86. The first-order chi connectivity index (χ1) is 5.93. The van der Waals surface area contributed by atoms with Crippen LogP contribution in [0.4, 0.5) is 0 Å². The Kier molecular flexibility index (Phi) is 4.81. The summed E-state index contributed by atoms with van der Waals surface area (Å²) in [6, 6.07) is 0. The van der Waals surface area contributed by atoms with Gasteiger partial charge in [-0.2, -0.15) is 0 Å². The van der Waals surface area contributed by atoms with Crippen molar-refractivity contribution in [2.75, 3.05) is 6.61 Å². The van der Waals surface area contributed by atoms with Gasteiger partial charge in [-0.15, -0.1) is 0 Å². The Balaban J connectivity index is 2.15. The minimum Gasteiger partial charge on any atom is -0.457 e. The summed E-state index contributed by atoms with van der Waals surface area (Å²) in [5, 5.41) is 0. The monoisotopic (exact) mass is 169 g/mol. The van der Waals surface area contributed by atoms with Gasteiger partial charge in [0.05, 0.1) is 6.61 Å². The molecule has 1 rings (SSSR count). The van der Waals surface area contributed by atoms with Gasteiger partial charge in [-0.3, -0.25) is 0 Å². The Morgan fingerprint density at radius 1 is 1.08 bits per heavy atom. The Bertz CT molecular complexity index is 115. The maximum absolute atomic E-state index is 9.85. The first-order valence-corrected chi connectivity index (χ1v) is 4.92. The van der Waals surface area contributed by atoms with E-state index in [1.807, 2.05) is 0 Å². The molecule has 2 heteroatoms. The summed E-state index contributed by atoms with van der Waals surface area (Å²) in [6.07, 6.45) is 9.12. The second kappa shape index (κ2) is 6.04. The highest BCUT2D eigenvalue weighted by Gasteiger charge is 2.11. The molecule has 0 aromatic rings. The van der Waals surface area contributed by atoms with Gasteiger partial charge in [0.2, 0.25) is 0 Å². The van der Waals surface area contributed by atoms with Crippen molar-refractivity contribution < 1.29 is 9.53 Å². The molecule has 0 aromatic heterocycles. The largest absolute Gasteiger partial charge is 0.457 e. The Labute approximate surface area is 74.3 Å². The molecule has 12 heavy (non-hydrogen) atoms. The van der Waals surface area contributed by atoms with Gasteiger partial charge in [0.15, 0.2) is 0 Å². The third kappa shape index (κ3) is 3.74. The van der Waals surface area contributed by atoms with E-state index in [-0.39, 0.29) is 0 Å². The molecule has 1 aliphatic rings. The van der Waals surface area contributed by atoms with E-state index in [0.717, 1.165) is 0 Å². The lowest BCUT2D eigenvalue weighted by molar-refractivity contribution is 0.198. The van der Waals surface area contributed by atoms with E-state index in [4.69, 9.17) is 0 Å². The fraction of sp³-hybridized carbons (Fsp3) is 0.900. The number of rotatable bonds is 3. The van der Waals surface area contributed by atoms with Crippen LogP contribution in [0.1, 0.15) is 44.9 Å². The van der Waals surface area contributed by atoms with Crippen LogP contribution in [-0.4, -0.2) is 13.1 Å². The zero-order valence-electron chi connectivity index (χ0n) is 7.55. The minimum absolute atomic E-state index is 0.587. The molecule has 0 saturated heterocycles. The van der Waals surface area contributed by atoms with Gasteiger partial charge in [0.25, 0.3) is 0 Å². The summed E-state index contributed by atoms with van der Waals surface area (Å²) in [7, 11) is 0. The van der Waals surface area contributed by atoms with Crippen LogP contribution in [0, 0.1) is 5.92 Å². The van der Waals surface area contributed by atoms with Crippen LogP contribution in [0.5, 0.6) is 0 Å². The number of carbonyl (C=O) groups excluding carboxylic acids is 1. The van der Waals surface area contributed by atoms with Crippen LogP contribution < -0.4 is 0 Å². The zero-order valence-corrected chi connectivity index (χ0v) is 7.55. The van der Waals surface area contributed by atoms with E-state index in [1.54, 1.807) is 0 Å². The van der Waals surface area contributed by atoms with Crippen molar-refractivity contribution in [2.24, 2.45) is 5.92 Å². The normalized spacial score (nSPS) is 21.0.